The Morgan fingerprint density at radius 2 is 2.00 bits per heavy atom. The van der Waals surface area contributed by atoms with Crippen LogP contribution in [0.1, 0.15) is 18.4 Å². The molecule has 1 amide bonds. The Hall–Kier alpha value is -2.85. The van der Waals surface area contributed by atoms with Gasteiger partial charge in [-0.25, -0.2) is 9.79 Å². The average molecular weight is 433 g/mol. The monoisotopic (exact) mass is 432 g/mol. The second-order valence-corrected chi connectivity index (χ2v) is 7.85. The number of aliphatic imine (C=N–C) groups is 1. The molecule has 0 saturated carbocycles. The molecule has 3 rings (SSSR count). The molecule has 0 radical (unpaired) electrons. The van der Waals surface area contributed by atoms with Crippen molar-refractivity contribution < 1.29 is 14.6 Å². The Kier molecular flexibility index (Phi) is 7.11. The topological polar surface area (TPSA) is 115 Å². The Morgan fingerprint density at radius 3 is 2.67 bits per heavy atom. The van der Waals surface area contributed by atoms with Crippen molar-refractivity contribution in [3.63, 3.8) is 0 Å². The van der Waals surface area contributed by atoms with E-state index < -0.39 is 17.1 Å². The molecule has 0 bridgehead atoms. The number of ether oxygens (including phenoxy) is 1. The van der Waals surface area contributed by atoms with Crippen molar-refractivity contribution in [1.29, 1.82) is 0 Å². The van der Waals surface area contributed by atoms with Gasteiger partial charge in [-0.2, -0.15) is 0 Å². The zero-order valence-corrected chi connectivity index (χ0v) is 17.6. The van der Waals surface area contributed by atoms with Gasteiger partial charge in [0.15, 0.2) is 0 Å². The van der Waals surface area contributed by atoms with Gasteiger partial charge >= 0.3 is 5.69 Å². The number of aromatic nitrogens is 2. The van der Waals surface area contributed by atoms with E-state index in [0.29, 0.717) is 18.8 Å². The first-order chi connectivity index (χ1) is 14.4. The maximum Gasteiger partial charge on any atom is 0.333 e. The highest BCUT2D eigenvalue weighted by atomic mass is 32.2. The molecule has 1 aromatic carbocycles. The third kappa shape index (κ3) is 5.00. The predicted molar refractivity (Wildman–Crippen MR) is 116 cm³/mol. The number of para-hydroxylation sites is 1. The highest BCUT2D eigenvalue weighted by Crippen LogP contribution is 2.22. The average Bonchev–Trinajstić information content (AvgIpc) is 3.27. The number of hydrogen-bond acceptors (Lipinski definition) is 7. The maximum absolute atomic E-state index is 12.7. The molecule has 10 heteroatoms. The van der Waals surface area contributed by atoms with Gasteiger partial charge in [-0.05, 0) is 25.0 Å². The summed E-state index contributed by atoms with van der Waals surface area (Å²) in [6, 6.07) is 8.87. The van der Waals surface area contributed by atoms with Gasteiger partial charge in [-0.1, -0.05) is 30.0 Å². The van der Waals surface area contributed by atoms with Crippen LogP contribution in [0.25, 0.3) is 0 Å². The Morgan fingerprint density at radius 1 is 1.27 bits per heavy atom. The normalized spacial score (nSPS) is 16.6. The number of thioether (sulfide) groups is 1. The van der Waals surface area contributed by atoms with Gasteiger partial charge in [0.05, 0.1) is 17.5 Å². The maximum atomic E-state index is 12.7. The van der Waals surface area contributed by atoms with Crippen LogP contribution in [0.3, 0.4) is 0 Å². The van der Waals surface area contributed by atoms with Crippen LogP contribution >= 0.6 is 11.8 Å². The van der Waals surface area contributed by atoms with E-state index in [0.717, 1.165) is 33.7 Å². The number of aromatic hydroxyl groups is 1. The highest BCUT2D eigenvalue weighted by molar-refractivity contribution is 8.15. The van der Waals surface area contributed by atoms with Crippen LogP contribution in [0.2, 0.25) is 0 Å². The molecule has 160 valence electrons. The number of nitrogens with one attached hydrogen (secondary N) is 1. The quantitative estimate of drug-likeness (QED) is 0.518. The van der Waals surface area contributed by atoms with Gasteiger partial charge in [0.2, 0.25) is 11.8 Å². The number of carbonyl (C=O) groups is 1. The fourth-order valence-electron chi connectivity index (χ4n) is 3.02. The summed E-state index contributed by atoms with van der Waals surface area (Å²) in [7, 11) is 2.69. The number of carbonyl (C=O) groups excluding carboxylic acids is 1. The highest BCUT2D eigenvalue weighted by Gasteiger charge is 2.22. The minimum absolute atomic E-state index is 0.0101. The molecule has 2 heterocycles. The van der Waals surface area contributed by atoms with Gasteiger partial charge in [0.25, 0.3) is 5.56 Å². The summed E-state index contributed by atoms with van der Waals surface area (Å²) in [5.74, 6) is -0.744. The van der Waals surface area contributed by atoms with Crippen molar-refractivity contribution in [3.8, 4) is 5.88 Å². The van der Waals surface area contributed by atoms with Gasteiger partial charge in [-0.15, -0.1) is 0 Å². The predicted octanol–water partition coefficient (Wildman–Crippen LogP) is 0.896. The molecule has 0 unspecified atom stereocenters. The van der Waals surface area contributed by atoms with E-state index in [9.17, 15) is 19.5 Å². The van der Waals surface area contributed by atoms with Gasteiger partial charge in [0, 0.05) is 27.2 Å². The standard InChI is InChI=1S/C20H24N4O5S/c1-23-18(26)16(19(27)24(2)20(23)28)17(22-13-7-4-3-5-8-13)30-12-15(25)21-11-14-9-6-10-29-14/h3-5,7-8,14,26H,6,9-12H2,1-2H3,(H,21,25)/t14-/m0/s1. The number of benzene rings is 1. The fraction of sp³-hybridized carbons (Fsp3) is 0.400. The van der Waals surface area contributed by atoms with Crippen LogP contribution in [0.4, 0.5) is 5.69 Å². The molecular weight excluding hydrogens is 408 g/mol. The van der Waals surface area contributed by atoms with E-state index in [1.165, 1.54) is 14.1 Å². The Labute approximate surface area is 177 Å². The van der Waals surface area contributed by atoms with E-state index in [2.05, 4.69) is 10.3 Å². The summed E-state index contributed by atoms with van der Waals surface area (Å²) in [5, 5.41) is 13.5. The minimum atomic E-state index is -0.683. The Bertz CT molecular complexity index is 1060. The van der Waals surface area contributed by atoms with E-state index in [4.69, 9.17) is 4.74 Å². The smallest absolute Gasteiger partial charge is 0.333 e. The minimum Gasteiger partial charge on any atom is -0.494 e. The second kappa shape index (κ2) is 9.77. The van der Waals surface area contributed by atoms with Crippen molar-refractivity contribution in [3.05, 3.63) is 56.7 Å². The van der Waals surface area contributed by atoms with E-state index in [1.54, 1.807) is 24.3 Å². The fourth-order valence-corrected chi connectivity index (χ4v) is 3.88. The first kappa shape index (κ1) is 21.8. The lowest BCUT2D eigenvalue weighted by Gasteiger charge is -2.13. The lowest BCUT2D eigenvalue weighted by Crippen LogP contribution is -2.40. The van der Waals surface area contributed by atoms with Crippen LogP contribution in [0, 0.1) is 0 Å². The molecule has 1 aliphatic heterocycles. The van der Waals surface area contributed by atoms with Crippen LogP contribution in [-0.4, -0.2) is 50.2 Å². The van der Waals surface area contributed by atoms with E-state index >= 15 is 0 Å². The number of rotatable bonds is 6. The molecule has 1 atom stereocenters. The zero-order valence-electron chi connectivity index (χ0n) is 16.8. The van der Waals surface area contributed by atoms with Crippen molar-refractivity contribution in [2.24, 2.45) is 19.1 Å². The summed E-state index contributed by atoms with van der Waals surface area (Å²) < 4.78 is 7.36. The van der Waals surface area contributed by atoms with E-state index in [-0.39, 0.29) is 28.4 Å². The molecular formula is C20H24N4O5S. The van der Waals surface area contributed by atoms with Crippen LogP contribution in [0.15, 0.2) is 44.9 Å². The second-order valence-electron chi connectivity index (χ2n) is 6.88. The molecule has 1 saturated heterocycles. The lowest BCUT2D eigenvalue weighted by molar-refractivity contribution is -0.119. The van der Waals surface area contributed by atoms with Crippen LogP contribution in [-0.2, 0) is 23.6 Å². The van der Waals surface area contributed by atoms with E-state index in [1.807, 2.05) is 6.07 Å². The molecule has 2 aromatic rings. The molecule has 9 nitrogen and oxygen atoms in total. The van der Waals surface area contributed by atoms with Crippen molar-refractivity contribution in [2.75, 3.05) is 18.9 Å². The van der Waals surface area contributed by atoms with Crippen molar-refractivity contribution in [1.82, 2.24) is 14.5 Å². The number of nitrogens with zero attached hydrogens (tertiary/aromatic N) is 3. The molecule has 0 aliphatic carbocycles. The third-order valence-electron chi connectivity index (χ3n) is 4.73. The molecule has 2 N–H and O–H groups in total. The first-order valence-electron chi connectivity index (χ1n) is 9.52. The lowest BCUT2D eigenvalue weighted by atomic mass is 10.2. The molecule has 0 spiro atoms. The number of amides is 1. The molecule has 30 heavy (non-hydrogen) atoms. The molecule has 1 aromatic heterocycles. The summed E-state index contributed by atoms with van der Waals surface area (Å²) >= 11 is 1.02. The molecule has 1 fully saturated rings. The van der Waals surface area contributed by atoms with Gasteiger partial charge in [0.1, 0.15) is 10.6 Å². The van der Waals surface area contributed by atoms with Gasteiger partial charge in [-0.3, -0.25) is 18.7 Å². The summed E-state index contributed by atoms with van der Waals surface area (Å²) in [6.07, 6.45) is 1.92. The summed E-state index contributed by atoms with van der Waals surface area (Å²) in [5.41, 5.74) is -0.910. The summed E-state index contributed by atoms with van der Waals surface area (Å²) in [6.45, 7) is 1.13. The first-order valence-corrected chi connectivity index (χ1v) is 10.5. The third-order valence-corrected chi connectivity index (χ3v) is 5.70. The van der Waals surface area contributed by atoms with Crippen LogP contribution in [0.5, 0.6) is 5.88 Å². The Balaban J connectivity index is 1.87. The SMILES string of the molecule is Cn1c(O)c(C(=Nc2ccccc2)SCC(=O)NC[C@@H]2CCCO2)c(=O)n(C)c1=O. The van der Waals surface area contributed by atoms with Crippen molar-refractivity contribution in [2.45, 2.75) is 18.9 Å². The zero-order chi connectivity index (χ0) is 21.7. The van der Waals surface area contributed by atoms with Crippen molar-refractivity contribution >= 4 is 28.4 Å². The summed E-state index contributed by atoms with van der Waals surface area (Å²) in [4.78, 5) is 41.5. The number of hydrogen-bond donors (Lipinski definition) is 2. The largest absolute Gasteiger partial charge is 0.494 e. The van der Waals surface area contributed by atoms with Crippen LogP contribution < -0.4 is 16.6 Å². The molecule has 1 aliphatic rings. The van der Waals surface area contributed by atoms with Gasteiger partial charge < -0.3 is 15.2 Å².